The molecule has 11 heteroatoms. The molecule has 192 valence electrons. The van der Waals surface area contributed by atoms with Crippen molar-refractivity contribution in [2.75, 3.05) is 35.1 Å². The molecule has 4 rings (SSSR count). The first kappa shape index (κ1) is 25.6. The number of hydrogen-bond acceptors (Lipinski definition) is 6. The minimum Gasteiger partial charge on any atom is -0.454 e. The number of carbonyl (C=O) groups excluding carboxylic acids is 3. The van der Waals surface area contributed by atoms with Gasteiger partial charge in [-0.3, -0.25) is 18.6 Å². The molecule has 9 nitrogen and oxygen atoms in total. The number of nitrogens with one attached hydrogen (secondary N) is 2. The summed E-state index contributed by atoms with van der Waals surface area (Å²) in [6.45, 7) is -0.237. The summed E-state index contributed by atoms with van der Waals surface area (Å²) in [5, 5.41) is 5.55. The van der Waals surface area contributed by atoms with Crippen LogP contribution < -0.4 is 25.0 Å². The molecule has 0 unspecified atom stereocenters. The average molecular weight is 518 g/mol. The van der Waals surface area contributed by atoms with E-state index in [1.54, 1.807) is 18.2 Å². The van der Waals surface area contributed by atoms with Crippen LogP contribution in [0.3, 0.4) is 0 Å². The fraction of sp³-hybridized carbons (Fsp3) is 0.400. The minimum absolute atomic E-state index is 0.0460. The van der Waals surface area contributed by atoms with Gasteiger partial charge in [0.15, 0.2) is 11.5 Å². The first-order valence-electron chi connectivity index (χ1n) is 11.8. The third-order valence-electron chi connectivity index (χ3n) is 5.93. The summed E-state index contributed by atoms with van der Waals surface area (Å²) >= 11 is 0. The number of fused-ring (bicyclic) bond motifs is 1. The molecule has 1 aliphatic heterocycles. The van der Waals surface area contributed by atoms with Gasteiger partial charge in [-0.15, -0.1) is 0 Å². The topological polar surface area (TPSA) is 114 Å². The van der Waals surface area contributed by atoms with Gasteiger partial charge in [-0.25, -0.2) is 4.39 Å². The minimum atomic E-state index is -1.86. The van der Waals surface area contributed by atoms with E-state index in [1.165, 1.54) is 18.2 Å². The normalized spacial score (nSPS) is 15.7. The fourth-order valence-electron chi connectivity index (χ4n) is 4.22. The van der Waals surface area contributed by atoms with Crippen molar-refractivity contribution in [3.63, 3.8) is 0 Å². The van der Waals surface area contributed by atoms with Crippen molar-refractivity contribution >= 4 is 39.9 Å². The Bertz CT molecular complexity index is 1150. The number of anilines is 2. The van der Waals surface area contributed by atoms with Crippen LogP contribution in [0.5, 0.6) is 11.5 Å². The molecule has 36 heavy (non-hydrogen) atoms. The number of halogens is 1. The molecule has 0 spiro atoms. The van der Waals surface area contributed by atoms with Gasteiger partial charge >= 0.3 is 0 Å². The van der Waals surface area contributed by atoms with E-state index >= 15 is 0 Å². The fourth-order valence-corrected chi connectivity index (χ4v) is 5.11. The lowest BCUT2D eigenvalue weighted by Crippen LogP contribution is -2.46. The van der Waals surface area contributed by atoms with E-state index in [9.17, 15) is 23.0 Å². The van der Waals surface area contributed by atoms with Crippen LogP contribution in [-0.2, 0) is 25.2 Å². The molecule has 2 aromatic carbocycles. The van der Waals surface area contributed by atoms with Gasteiger partial charge in [0, 0.05) is 34.3 Å². The van der Waals surface area contributed by atoms with E-state index in [-0.39, 0.29) is 31.0 Å². The van der Waals surface area contributed by atoms with Gasteiger partial charge < -0.3 is 25.0 Å². The lowest BCUT2D eigenvalue weighted by atomic mass is 9.95. The summed E-state index contributed by atoms with van der Waals surface area (Å²) in [5.74, 6) is -2.00. The summed E-state index contributed by atoms with van der Waals surface area (Å²) < 4.78 is 37.0. The van der Waals surface area contributed by atoms with Gasteiger partial charge in [0.25, 0.3) is 0 Å². The second-order valence-electron chi connectivity index (χ2n) is 8.71. The Morgan fingerprint density at radius 1 is 0.972 bits per heavy atom. The predicted molar refractivity (Wildman–Crippen MR) is 133 cm³/mol. The van der Waals surface area contributed by atoms with E-state index in [0.717, 1.165) is 43.1 Å². The molecule has 3 amide bonds. The monoisotopic (exact) mass is 517 g/mol. The van der Waals surface area contributed by atoms with Crippen molar-refractivity contribution in [3.05, 3.63) is 48.3 Å². The second kappa shape index (κ2) is 12.0. The third kappa shape index (κ3) is 7.03. The smallest absolute Gasteiger partial charge is 0.240 e. The number of rotatable bonds is 9. The molecule has 1 aliphatic carbocycles. The molecular weight excluding hydrogens is 489 g/mol. The summed E-state index contributed by atoms with van der Waals surface area (Å²) in [5.41, 5.74) is 0.619. The lowest BCUT2D eigenvalue weighted by Gasteiger charge is -2.26. The Hall–Kier alpha value is -3.47. The Balaban J connectivity index is 1.36. The zero-order valence-corrected chi connectivity index (χ0v) is 20.5. The molecule has 1 saturated carbocycles. The van der Waals surface area contributed by atoms with Crippen molar-refractivity contribution in [2.45, 2.75) is 38.1 Å². The quantitative estimate of drug-likeness (QED) is 0.529. The van der Waals surface area contributed by atoms with E-state index < -0.39 is 39.9 Å². The predicted octanol–water partition coefficient (Wildman–Crippen LogP) is 2.72. The molecule has 1 heterocycles. The van der Waals surface area contributed by atoms with Crippen LogP contribution in [0.4, 0.5) is 15.8 Å². The molecule has 2 aromatic rings. The van der Waals surface area contributed by atoms with Crippen molar-refractivity contribution in [1.29, 1.82) is 0 Å². The first-order valence-corrected chi connectivity index (χ1v) is 13.3. The summed E-state index contributed by atoms with van der Waals surface area (Å²) in [6.07, 6.45) is 4.95. The largest absolute Gasteiger partial charge is 0.454 e. The molecule has 0 aromatic heterocycles. The van der Waals surface area contributed by atoms with Crippen molar-refractivity contribution in [3.8, 4) is 11.5 Å². The lowest BCUT2D eigenvalue weighted by molar-refractivity contribution is -0.123. The number of benzene rings is 2. The van der Waals surface area contributed by atoms with Gasteiger partial charge in [0.05, 0.1) is 0 Å². The Labute approximate surface area is 210 Å². The Kier molecular flexibility index (Phi) is 8.52. The van der Waals surface area contributed by atoms with Crippen LogP contribution in [0.1, 0.15) is 32.1 Å². The van der Waals surface area contributed by atoms with Gasteiger partial charge in [-0.05, 0) is 43.2 Å². The van der Waals surface area contributed by atoms with Crippen LogP contribution in [0, 0.1) is 5.82 Å². The maximum absolute atomic E-state index is 13.9. The third-order valence-corrected chi connectivity index (χ3v) is 7.08. The van der Waals surface area contributed by atoms with E-state index in [2.05, 4.69) is 10.6 Å². The van der Waals surface area contributed by atoms with Gasteiger partial charge in [-0.2, -0.15) is 0 Å². The highest BCUT2D eigenvalue weighted by Gasteiger charge is 2.24. The van der Waals surface area contributed by atoms with E-state index in [0.29, 0.717) is 17.2 Å². The molecule has 0 saturated heterocycles. The number of ether oxygens (including phenoxy) is 2. The van der Waals surface area contributed by atoms with Gasteiger partial charge in [0.2, 0.25) is 24.5 Å². The number of carbonyl (C=O) groups is 3. The summed E-state index contributed by atoms with van der Waals surface area (Å²) in [4.78, 5) is 39.2. The van der Waals surface area contributed by atoms with Crippen LogP contribution in [0.15, 0.2) is 42.5 Å². The molecular formula is C25H28FN3O6S. The van der Waals surface area contributed by atoms with Crippen LogP contribution >= 0.6 is 0 Å². The molecule has 2 N–H and O–H groups in total. The van der Waals surface area contributed by atoms with Crippen molar-refractivity contribution < 1.29 is 32.5 Å². The summed E-state index contributed by atoms with van der Waals surface area (Å²) in [6, 6.07) is 10.2. The molecule has 0 bridgehead atoms. The molecule has 1 atom stereocenters. The van der Waals surface area contributed by atoms with Crippen molar-refractivity contribution in [2.24, 2.45) is 0 Å². The number of amides is 3. The van der Waals surface area contributed by atoms with Crippen molar-refractivity contribution in [1.82, 2.24) is 5.32 Å². The molecule has 2 aliphatic rings. The summed E-state index contributed by atoms with van der Waals surface area (Å²) in [7, 11) is -1.86. The first-order chi connectivity index (χ1) is 17.4. The maximum Gasteiger partial charge on any atom is 0.240 e. The Morgan fingerprint density at radius 3 is 2.53 bits per heavy atom. The average Bonchev–Trinajstić information content (AvgIpc) is 3.31. The highest BCUT2D eigenvalue weighted by Crippen LogP contribution is 2.34. The maximum atomic E-state index is 13.9. The van der Waals surface area contributed by atoms with E-state index in [1.807, 2.05) is 0 Å². The highest BCUT2D eigenvalue weighted by atomic mass is 32.2. The highest BCUT2D eigenvalue weighted by molar-refractivity contribution is 7.86. The van der Waals surface area contributed by atoms with Gasteiger partial charge in [0.1, 0.15) is 23.9 Å². The van der Waals surface area contributed by atoms with Crippen LogP contribution in [0.2, 0.25) is 0 Å². The zero-order chi connectivity index (χ0) is 25.5. The number of nitrogens with zero attached hydrogens (tertiary/aromatic N) is 1. The standard InChI is InChI=1S/C25H28FN3O6S/c26-17-5-4-8-20(11-17)29(13-23(30)27-18-6-2-1-3-7-18)25(32)15-36(33)14-24(31)28-19-9-10-21-22(12-19)35-16-34-21/h4-5,8-12,18H,1-3,6-7,13-16H2,(H,27,30)(H,28,31)/t36-/m0/s1. The second-order valence-corrected chi connectivity index (χ2v) is 10.2. The zero-order valence-electron chi connectivity index (χ0n) is 19.7. The van der Waals surface area contributed by atoms with Crippen LogP contribution in [-0.4, -0.2) is 52.8 Å². The van der Waals surface area contributed by atoms with Crippen LogP contribution in [0.25, 0.3) is 0 Å². The Morgan fingerprint density at radius 2 is 1.75 bits per heavy atom. The van der Waals surface area contributed by atoms with E-state index in [4.69, 9.17) is 9.47 Å². The molecule has 1 fully saturated rings. The van der Waals surface area contributed by atoms with Gasteiger partial charge in [-0.1, -0.05) is 25.3 Å². The molecule has 0 radical (unpaired) electrons. The number of hydrogen-bond donors (Lipinski definition) is 2. The SMILES string of the molecule is O=C(C[S@](=O)CC(=O)N(CC(=O)NC1CCCCC1)c1cccc(F)c1)Nc1ccc2c(c1)OCO2.